The number of aryl methyl sites for hydroxylation is 2. The van der Waals surface area contributed by atoms with Crippen LogP contribution in [0.5, 0.6) is 0 Å². The highest BCUT2D eigenvalue weighted by molar-refractivity contribution is 5.56. The Bertz CT molecular complexity index is 481. The van der Waals surface area contributed by atoms with Gasteiger partial charge in [-0.2, -0.15) is 0 Å². The van der Waals surface area contributed by atoms with E-state index >= 15 is 0 Å². The van der Waals surface area contributed by atoms with Crippen molar-refractivity contribution >= 4 is 11.4 Å². The lowest BCUT2D eigenvalue weighted by Crippen LogP contribution is -2.00. The van der Waals surface area contributed by atoms with E-state index in [-0.39, 0.29) is 0 Å². The summed E-state index contributed by atoms with van der Waals surface area (Å²) in [6, 6.07) is 14.6. The first-order chi connectivity index (χ1) is 8.13. The molecule has 0 aliphatic carbocycles. The van der Waals surface area contributed by atoms with Crippen molar-refractivity contribution in [3.8, 4) is 0 Å². The summed E-state index contributed by atoms with van der Waals surface area (Å²) in [7, 11) is 0. The van der Waals surface area contributed by atoms with E-state index in [4.69, 9.17) is 5.73 Å². The lowest BCUT2D eigenvalue weighted by molar-refractivity contribution is 1.14. The summed E-state index contributed by atoms with van der Waals surface area (Å²) in [5, 5.41) is 3.38. The Morgan fingerprint density at radius 1 is 0.941 bits per heavy atom. The van der Waals surface area contributed by atoms with Crippen molar-refractivity contribution in [1.82, 2.24) is 0 Å². The van der Waals surface area contributed by atoms with Crippen LogP contribution in [0.3, 0.4) is 0 Å². The molecule has 0 unspecified atom stereocenters. The summed E-state index contributed by atoms with van der Waals surface area (Å²) in [4.78, 5) is 0. The third kappa shape index (κ3) is 3.25. The lowest BCUT2D eigenvalue weighted by atomic mass is 10.1. The minimum absolute atomic E-state index is 0.802. The molecule has 0 spiro atoms. The molecule has 2 nitrogen and oxygen atoms in total. The van der Waals surface area contributed by atoms with E-state index < -0.39 is 0 Å². The molecule has 3 N–H and O–H groups in total. The molecule has 0 atom stereocenters. The number of nitrogen functional groups attached to an aromatic ring is 1. The Kier molecular flexibility index (Phi) is 3.33. The van der Waals surface area contributed by atoms with Gasteiger partial charge in [0.05, 0.1) is 0 Å². The smallest absolute Gasteiger partial charge is 0.0400 e. The second-order valence-corrected chi connectivity index (χ2v) is 4.47. The Morgan fingerprint density at radius 2 is 1.65 bits per heavy atom. The van der Waals surface area contributed by atoms with Crippen LogP contribution in [-0.2, 0) is 6.54 Å². The van der Waals surface area contributed by atoms with Gasteiger partial charge in [0.1, 0.15) is 0 Å². The highest BCUT2D eigenvalue weighted by Gasteiger charge is 1.96. The first-order valence-corrected chi connectivity index (χ1v) is 5.80. The molecule has 2 heteroatoms. The lowest BCUT2D eigenvalue weighted by Gasteiger charge is -2.08. The van der Waals surface area contributed by atoms with Gasteiger partial charge < -0.3 is 11.1 Å². The molecule has 0 saturated heterocycles. The second-order valence-electron chi connectivity index (χ2n) is 4.47. The molecule has 17 heavy (non-hydrogen) atoms. The third-order valence-corrected chi connectivity index (χ3v) is 2.72. The van der Waals surface area contributed by atoms with Crippen LogP contribution >= 0.6 is 0 Å². The van der Waals surface area contributed by atoms with Crippen molar-refractivity contribution in [2.75, 3.05) is 11.1 Å². The van der Waals surface area contributed by atoms with Gasteiger partial charge in [0.2, 0.25) is 0 Å². The van der Waals surface area contributed by atoms with Gasteiger partial charge >= 0.3 is 0 Å². The summed E-state index contributed by atoms with van der Waals surface area (Å²) in [6.45, 7) is 4.97. The van der Waals surface area contributed by atoms with Gasteiger partial charge in [0, 0.05) is 17.9 Å². The minimum Gasteiger partial charge on any atom is -0.399 e. The number of rotatable bonds is 3. The van der Waals surface area contributed by atoms with E-state index in [0.29, 0.717) is 0 Å². The van der Waals surface area contributed by atoms with Crippen LogP contribution in [-0.4, -0.2) is 0 Å². The second kappa shape index (κ2) is 4.91. The predicted octanol–water partition coefficient (Wildman–Crippen LogP) is 3.50. The zero-order valence-electron chi connectivity index (χ0n) is 10.3. The highest BCUT2D eigenvalue weighted by atomic mass is 14.9. The Morgan fingerprint density at radius 3 is 2.29 bits per heavy atom. The predicted molar refractivity (Wildman–Crippen MR) is 74.1 cm³/mol. The van der Waals surface area contributed by atoms with Crippen molar-refractivity contribution in [2.24, 2.45) is 0 Å². The van der Waals surface area contributed by atoms with Gasteiger partial charge in [-0.1, -0.05) is 29.8 Å². The van der Waals surface area contributed by atoms with Crippen LogP contribution in [0, 0.1) is 13.8 Å². The van der Waals surface area contributed by atoms with E-state index in [1.165, 1.54) is 16.7 Å². The van der Waals surface area contributed by atoms with Gasteiger partial charge in [0.15, 0.2) is 0 Å². The molecule has 88 valence electrons. The first-order valence-electron chi connectivity index (χ1n) is 5.80. The maximum atomic E-state index is 5.81. The Hall–Kier alpha value is -1.96. The summed E-state index contributed by atoms with van der Waals surface area (Å²) >= 11 is 0. The van der Waals surface area contributed by atoms with E-state index in [1.54, 1.807) is 0 Å². The molecule has 2 aromatic carbocycles. The summed E-state index contributed by atoms with van der Waals surface area (Å²) in [5.74, 6) is 0. The van der Waals surface area contributed by atoms with Gasteiger partial charge in [-0.15, -0.1) is 0 Å². The van der Waals surface area contributed by atoms with Crippen LogP contribution in [0.4, 0.5) is 11.4 Å². The average Bonchev–Trinajstić information content (AvgIpc) is 2.27. The topological polar surface area (TPSA) is 38.0 Å². The van der Waals surface area contributed by atoms with Crippen molar-refractivity contribution in [3.63, 3.8) is 0 Å². The van der Waals surface area contributed by atoms with Crippen LogP contribution in [0.1, 0.15) is 16.7 Å². The molecule has 2 rings (SSSR count). The number of benzene rings is 2. The van der Waals surface area contributed by atoms with Crippen molar-refractivity contribution in [2.45, 2.75) is 20.4 Å². The number of hydrogen-bond acceptors (Lipinski definition) is 2. The fourth-order valence-corrected chi connectivity index (χ4v) is 1.82. The molecule has 0 aliphatic rings. The van der Waals surface area contributed by atoms with E-state index in [0.717, 1.165) is 17.9 Å². The summed E-state index contributed by atoms with van der Waals surface area (Å²) in [5.41, 5.74) is 11.4. The van der Waals surface area contributed by atoms with Crippen molar-refractivity contribution in [3.05, 3.63) is 59.2 Å². The third-order valence-electron chi connectivity index (χ3n) is 2.72. The van der Waals surface area contributed by atoms with E-state index in [1.807, 2.05) is 19.1 Å². The van der Waals surface area contributed by atoms with Crippen LogP contribution < -0.4 is 11.1 Å². The molecule has 0 aromatic heterocycles. The largest absolute Gasteiger partial charge is 0.399 e. The molecule has 0 bridgehead atoms. The first kappa shape index (κ1) is 11.5. The summed E-state index contributed by atoms with van der Waals surface area (Å²) < 4.78 is 0. The monoisotopic (exact) mass is 226 g/mol. The molecule has 0 heterocycles. The summed E-state index contributed by atoms with van der Waals surface area (Å²) in [6.07, 6.45) is 0. The number of hydrogen-bond donors (Lipinski definition) is 2. The van der Waals surface area contributed by atoms with Gasteiger partial charge in [-0.3, -0.25) is 0 Å². The van der Waals surface area contributed by atoms with E-state index in [9.17, 15) is 0 Å². The zero-order valence-corrected chi connectivity index (χ0v) is 10.3. The molecule has 0 amide bonds. The minimum atomic E-state index is 0.802. The standard InChI is InChI=1S/C15H18N2/c1-11-3-5-13(6-4-11)10-17-15-8-12(2)7-14(16)9-15/h3-9,17H,10,16H2,1-2H3. The van der Waals surface area contributed by atoms with E-state index in [2.05, 4.69) is 42.6 Å². The van der Waals surface area contributed by atoms with Crippen LogP contribution in [0.2, 0.25) is 0 Å². The fraction of sp³-hybridized carbons (Fsp3) is 0.200. The van der Waals surface area contributed by atoms with Crippen LogP contribution in [0.15, 0.2) is 42.5 Å². The van der Waals surface area contributed by atoms with Crippen molar-refractivity contribution < 1.29 is 0 Å². The Balaban J connectivity index is 2.04. The number of nitrogens with one attached hydrogen (secondary N) is 1. The SMILES string of the molecule is Cc1ccc(CNc2cc(C)cc(N)c2)cc1. The molecule has 0 saturated carbocycles. The quantitative estimate of drug-likeness (QED) is 0.786. The molecular formula is C15H18N2. The number of nitrogens with two attached hydrogens (primary N) is 1. The maximum Gasteiger partial charge on any atom is 0.0400 e. The molecule has 0 fully saturated rings. The number of anilines is 2. The van der Waals surface area contributed by atoms with Crippen molar-refractivity contribution in [1.29, 1.82) is 0 Å². The normalized spacial score (nSPS) is 10.2. The van der Waals surface area contributed by atoms with Crippen LogP contribution in [0.25, 0.3) is 0 Å². The molecule has 0 aliphatic heterocycles. The van der Waals surface area contributed by atoms with Gasteiger partial charge in [-0.25, -0.2) is 0 Å². The van der Waals surface area contributed by atoms with Gasteiger partial charge in [0.25, 0.3) is 0 Å². The average molecular weight is 226 g/mol. The Labute approximate surface area is 102 Å². The van der Waals surface area contributed by atoms with Gasteiger partial charge in [-0.05, 0) is 43.2 Å². The maximum absolute atomic E-state index is 5.81. The zero-order chi connectivity index (χ0) is 12.3. The molecule has 2 aromatic rings. The molecular weight excluding hydrogens is 208 g/mol. The highest BCUT2D eigenvalue weighted by Crippen LogP contribution is 2.16. The fourth-order valence-electron chi connectivity index (χ4n) is 1.82. The molecule has 0 radical (unpaired) electrons.